The van der Waals surface area contributed by atoms with Crippen LogP contribution in [0.5, 0.6) is 0 Å². The molecule has 3 saturated carbocycles. The van der Waals surface area contributed by atoms with Crippen molar-refractivity contribution in [1.82, 2.24) is 0 Å². The molecule has 328 valence electrons. The highest BCUT2D eigenvalue weighted by Crippen LogP contribution is 2.70. The van der Waals surface area contributed by atoms with Crippen molar-refractivity contribution < 1.29 is 28.5 Å². The lowest BCUT2D eigenvalue weighted by atomic mass is 9.45. The molecular formula is C54H70O6S. The number of thioether (sulfide) groups is 1. The van der Waals surface area contributed by atoms with Gasteiger partial charge >= 0.3 is 0 Å². The molecule has 0 radical (unpaired) electrons. The molecule has 2 aliphatic heterocycles. The summed E-state index contributed by atoms with van der Waals surface area (Å²) in [5.74, 6) is 5.69. The molecule has 0 amide bonds. The van der Waals surface area contributed by atoms with Gasteiger partial charge in [0, 0.05) is 11.8 Å². The van der Waals surface area contributed by atoms with Crippen LogP contribution < -0.4 is 0 Å². The van der Waals surface area contributed by atoms with Crippen LogP contribution in [0.25, 0.3) is 0 Å². The quantitative estimate of drug-likeness (QED) is 0.151. The van der Waals surface area contributed by atoms with Crippen molar-refractivity contribution in [3.8, 4) is 0 Å². The lowest BCUT2D eigenvalue weighted by molar-refractivity contribution is -0.273. The molecule has 0 N–H and O–H groups in total. The van der Waals surface area contributed by atoms with Crippen molar-refractivity contribution in [3.63, 3.8) is 0 Å². The van der Waals surface area contributed by atoms with E-state index in [2.05, 4.69) is 71.0 Å². The minimum atomic E-state index is -0.605. The number of benzene rings is 3. The molecule has 7 heteroatoms. The first-order chi connectivity index (χ1) is 29.6. The molecule has 3 aromatic carbocycles. The summed E-state index contributed by atoms with van der Waals surface area (Å²) < 4.78 is 34.8. The van der Waals surface area contributed by atoms with Gasteiger partial charge in [-0.1, -0.05) is 145 Å². The zero-order valence-corrected chi connectivity index (χ0v) is 38.2. The Morgan fingerprint density at radius 1 is 0.738 bits per heavy atom. The summed E-state index contributed by atoms with van der Waals surface area (Å²) in [5, 5.41) is -0.292. The summed E-state index contributed by atoms with van der Waals surface area (Å²) in [7, 11) is 0. The molecule has 6 aliphatic rings. The third-order valence-corrected chi connectivity index (χ3v) is 17.9. The number of rotatable bonds is 15. The molecule has 0 spiro atoms. The van der Waals surface area contributed by atoms with Gasteiger partial charge in [0.2, 0.25) is 6.29 Å². The van der Waals surface area contributed by atoms with Gasteiger partial charge < -0.3 is 23.7 Å². The average Bonchev–Trinajstić information content (AvgIpc) is 3.63. The largest absolute Gasteiger partial charge is 0.466 e. The van der Waals surface area contributed by atoms with Gasteiger partial charge in [-0.05, 0) is 102 Å². The van der Waals surface area contributed by atoms with Crippen LogP contribution in [0, 0.1) is 52.3 Å². The predicted octanol–water partition coefficient (Wildman–Crippen LogP) is 12.4. The Labute approximate surface area is 370 Å². The molecule has 4 fully saturated rings. The summed E-state index contributed by atoms with van der Waals surface area (Å²) in [6.45, 7) is 14.1. The van der Waals surface area contributed by atoms with Crippen molar-refractivity contribution in [3.05, 3.63) is 118 Å². The molecule has 4 aliphatic carbocycles. The lowest BCUT2D eigenvalue weighted by Crippen LogP contribution is -2.62. The first-order valence-electron chi connectivity index (χ1n) is 23.8. The van der Waals surface area contributed by atoms with Gasteiger partial charge in [0.15, 0.2) is 5.78 Å². The Balaban J connectivity index is 1.01. The van der Waals surface area contributed by atoms with E-state index in [1.165, 1.54) is 51.4 Å². The van der Waals surface area contributed by atoms with Crippen LogP contribution >= 0.6 is 11.8 Å². The second-order valence-corrected chi connectivity index (χ2v) is 21.7. The topological polar surface area (TPSA) is 63.2 Å². The minimum absolute atomic E-state index is 0.212. The first kappa shape index (κ1) is 43.3. The number of hydrogen-bond acceptors (Lipinski definition) is 7. The molecule has 13 atom stereocenters. The van der Waals surface area contributed by atoms with Gasteiger partial charge in [-0.25, -0.2) is 0 Å². The van der Waals surface area contributed by atoms with Crippen molar-refractivity contribution in [2.24, 2.45) is 52.3 Å². The van der Waals surface area contributed by atoms with E-state index in [4.69, 9.17) is 23.7 Å². The van der Waals surface area contributed by atoms with E-state index in [9.17, 15) is 4.79 Å². The summed E-state index contributed by atoms with van der Waals surface area (Å²) in [6.07, 6.45) is 10.3. The average molecular weight is 847 g/mol. The zero-order valence-electron chi connectivity index (χ0n) is 37.3. The Kier molecular flexibility index (Phi) is 13.2. The highest BCUT2D eigenvalue weighted by molar-refractivity contribution is 8.04. The first-order valence-corrected chi connectivity index (χ1v) is 24.7. The molecule has 9 rings (SSSR count). The molecule has 0 bridgehead atoms. The summed E-state index contributed by atoms with van der Waals surface area (Å²) in [6, 6.07) is 30.9. The lowest BCUT2D eigenvalue weighted by Gasteiger charge is -2.61. The third-order valence-electron chi connectivity index (χ3n) is 16.5. The van der Waals surface area contributed by atoms with Crippen LogP contribution in [-0.4, -0.2) is 42.2 Å². The molecule has 6 nitrogen and oxygen atoms in total. The minimum Gasteiger partial charge on any atom is -0.466 e. The number of carbonyl (C=O) groups excluding carboxylic acids is 1. The van der Waals surface area contributed by atoms with E-state index in [1.807, 2.05) is 54.6 Å². The molecule has 1 saturated heterocycles. The number of carbonyl (C=O) groups is 1. The van der Waals surface area contributed by atoms with Crippen molar-refractivity contribution in [2.45, 2.75) is 148 Å². The molecule has 61 heavy (non-hydrogen) atoms. The van der Waals surface area contributed by atoms with Crippen LogP contribution in [0.1, 0.15) is 116 Å². The van der Waals surface area contributed by atoms with Crippen molar-refractivity contribution >= 4 is 17.5 Å². The normalized spacial score (nSPS) is 36.0. The van der Waals surface area contributed by atoms with E-state index in [0.717, 1.165) is 57.4 Å². The predicted molar refractivity (Wildman–Crippen MR) is 243 cm³/mol. The fourth-order valence-corrected chi connectivity index (χ4v) is 14.8. The van der Waals surface area contributed by atoms with E-state index < -0.39 is 24.6 Å². The molecule has 2 heterocycles. The van der Waals surface area contributed by atoms with Gasteiger partial charge in [0.25, 0.3) is 0 Å². The number of fused-ring (bicyclic) bond motifs is 7. The molecule has 0 unspecified atom stereocenters. The van der Waals surface area contributed by atoms with E-state index in [0.29, 0.717) is 50.1 Å². The van der Waals surface area contributed by atoms with Gasteiger partial charge in [-0.2, -0.15) is 0 Å². The van der Waals surface area contributed by atoms with Crippen LogP contribution in [0.4, 0.5) is 0 Å². The SMILES string of the molecule is CC(C)CCC[C@@H](C)[C@H]1CC[C@H]2[C@@H]3CC[C@H]4CC(=O)C5=C(O[C@H]6O[C@H](COCc7ccccc7)[C@@H](OCc7ccccc7)[C@H](OCc7ccccc7)[C@H]6S5)[C@]4(C)[C@H]3CC[C@]12C. The standard InChI is InChI=1S/C54H70O6S/c1-35(2)16-15-17-36(3)42-26-27-43-41-25-24-40-30-45(55)49-51(54(40,5)44(41)28-29-53(42,43)4)60-52-50(61-49)48(58-33-39-22-13-8-14-23-39)47(57-32-38-20-11-7-12-21-38)46(59-52)34-56-31-37-18-9-6-10-19-37/h6-14,18-23,35-36,40-44,46-48,50,52H,15-17,24-34H2,1-5H3/t36-,40+,41+,42-,43+,44+,46-,47-,48+,50-,52-,53-,54+/m1/s1. The third kappa shape index (κ3) is 8.69. The fraction of sp³-hybridized carbons (Fsp3) is 0.611. The van der Waals surface area contributed by atoms with Crippen LogP contribution in [0.15, 0.2) is 102 Å². The number of ether oxygens (including phenoxy) is 5. The number of ketones is 1. The summed E-state index contributed by atoms with van der Waals surface area (Å²) >= 11 is 1.66. The van der Waals surface area contributed by atoms with Gasteiger partial charge in [0.1, 0.15) is 29.3 Å². The van der Waals surface area contributed by atoms with Gasteiger partial charge in [-0.3, -0.25) is 4.79 Å². The highest BCUT2D eigenvalue weighted by Gasteiger charge is 2.65. The van der Waals surface area contributed by atoms with Crippen LogP contribution in [0.2, 0.25) is 0 Å². The maximum Gasteiger partial charge on any atom is 0.214 e. The van der Waals surface area contributed by atoms with Gasteiger partial charge in [0.05, 0.1) is 31.3 Å². The second-order valence-electron chi connectivity index (χ2n) is 20.5. The smallest absolute Gasteiger partial charge is 0.214 e. The van der Waals surface area contributed by atoms with E-state index >= 15 is 0 Å². The Morgan fingerprint density at radius 3 is 2.03 bits per heavy atom. The molecule has 0 aromatic heterocycles. The van der Waals surface area contributed by atoms with Crippen molar-refractivity contribution in [1.29, 1.82) is 0 Å². The number of hydrogen-bond donors (Lipinski definition) is 0. The number of allylic oxidation sites excluding steroid dienone is 2. The van der Waals surface area contributed by atoms with Crippen molar-refractivity contribution in [2.75, 3.05) is 6.61 Å². The monoisotopic (exact) mass is 846 g/mol. The van der Waals surface area contributed by atoms with E-state index in [-0.39, 0.29) is 22.4 Å². The van der Waals surface area contributed by atoms with Gasteiger partial charge in [-0.15, -0.1) is 11.8 Å². The van der Waals surface area contributed by atoms with E-state index in [1.54, 1.807) is 11.8 Å². The maximum absolute atomic E-state index is 14.5. The maximum atomic E-state index is 14.5. The Bertz CT molecular complexity index is 1950. The second kappa shape index (κ2) is 18.6. The zero-order chi connectivity index (χ0) is 42.1. The molecular weight excluding hydrogens is 777 g/mol. The number of Topliss-reactive ketones (excluding diaryl/α,β-unsaturated/α-hetero) is 1. The Morgan fingerprint density at radius 2 is 1.38 bits per heavy atom. The van der Waals surface area contributed by atoms with Crippen LogP contribution in [-0.2, 0) is 48.3 Å². The Hall–Kier alpha value is -2.94. The van der Waals surface area contributed by atoms with Crippen LogP contribution in [0.3, 0.4) is 0 Å². The summed E-state index contributed by atoms with van der Waals surface area (Å²) in [4.78, 5) is 15.3. The fourth-order valence-electron chi connectivity index (χ4n) is 13.4. The highest BCUT2D eigenvalue weighted by atomic mass is 32.2. The molecule has 3 aromatic rings. The summed E-state index contributed by atoms with van der Waals surface area (Å²) in [5.41, 5.74) is 3.47.